The summed E-state index contributed by atoms with van der Waals surface area (Å²) in [6.45, 7) is 3.27. The highest BCUT2D eigenvalue weighted by atomic mass is 35.5. The van der Waals surface area contributed by atoms with Crippen molar-refractivity contribution < 1.29 is 23.9 Å². The number of amides is 4. The predicted molar refractivity (Wildman–Crippen MR) is 93.6 cm³/mol. The molecule has 0 spiro atoms. The van der Waals surface area contributed by atoms with Gasteiger partial charge in [0.25, 0.3) is 11.8 Å². The number of carbonyl (C=O) groups is 3. The Labute approximate surface area is 160 Å². The van der Waals surface area contributed by atoms with Crippen LogP contribution in [-0.4, -0.2) is 52.9 Å². The number of imide groups is 1. The van der Waals surface area contributed by atoms with E-state index in [-0.39, 0.29) is 25.6 Å². The zero-order chi connectivity index (χ0) is 19.6. The normalized spacial score (nSPS) is 31.9. The van der Waals surface area contributed by atoms with Crippen LogP contribution in [0.5, 0.6) is 0 Å². The minimum atomic E-state index is -1.70. The topological polar surface area (TPSA) is 123 Å². The Morgan fingerprint density at radius 1 is 1.30 bits per heavy atom. The zero-order valence-corrected chi connectivity index (χ0v) is 15.6. The van der Waals surface area contributed by atoms with Crippen LogP contribution in [-0.2, 0) is 20.8 Å². The first-order valence-electron chi connectivity index (χ1n) is 8.40. The van der Waals surface area contributed by atoms with Crippen molar-refractivity contribution in [2.45, 2.75) is 37.4 Å². The van der Waals surface area contributed by atoms with Gasteiger partial charge in [0.1, 0.15) is 0 Å². The van der Waals surface area contributed by atoms with Gasteiger partial charge >= 0.3 is 6.03 Å². The highest BCUT2D eigenvalue weighted by Gasteiger charge is 2.66. The summed E-state index contributed by atoms with van der Waals surface area (Å²) in [5, 5.41) is 5.21. The maximum Gasteiger partial charge on any atom is 0.322 e. The Morgan fingerprint density at radius 3 is 2.63 bits per heavy atom. The Morgan fingerprint density at radius 2 is 2.04 bits per heavy atom. The van der Waals surface area contributed by atoms with Gasteiger partial charge in [-0.15, -0.1) is 0 Å². The van der Waals surface area contributed by atoms with E-state index in [4.69, 9.17) is 26.8 Å². The van der Waals surface area contributed by atoms with Gasteiger partial charge in [0.15, 0.2) is 17.1 Å². The van der Waals surface area contributed by atoms with Crippen molar-refractivity contribution in [1.82, 2.24) is 15.5 Å². The first-order chi connectivity index (χ1) is 12.6. The Kier molecular flexibility index (Phi) is 3.80. The minimum absolute atomic E-state index is 0.130. The summed E-state index contributed by atoms with van der Waals surface area (Å²) in [5.41, 5.74) is 4.28. The van der Waals surface area contributed by atoms with Crippen LogP contribution in [0.1, 0.15) is 29.8 Å². The van der Waals surface area contributed by atoms with Gasteiger partial charge in [-0.25, -0.2) is 4.79 Å². The quantitative estimate of drug-likeness (QED) is 0.634. The number of carbonyl (C=O) groups excluding carboxylic acids is 3. The maximum atomic E-state index is 12.8. The van der Waals surface area contributed by atoms with Gasteiger partial charge in [-0.05, 0) is 31.5 Å². The molecule has 3 aliphatic rings. The lowest BCUT2D eigenvalue weighted by molar-refractivity contribution is -0.180. The van der Waals surface area contributed by atoms with Crippen LogP contribution in [0.2, 0.25) is 5.02 Å². The molecule has 2 saturated heterocycles. The summed E-state index contributed by atoms with van der Waals surface area (Å²) < 4.78 is 11.4. The van der Waals surface area contributed by atoms with Gasteiger partial charge in [-0.3, -0.25) is 20.6 Å². The van der Waals surface area contributed by atoms with Crippen LogP contribution >= 0.6 is 11.6 Å². The summed E-state index contributed by atoms with van der Waals surface area (Å²) in [7, 11) is 0. The molecule has 0 radical (unpaired) electrons. The average Bonchev–Trinajstić information content (AvgIpc) is 3.14. The fraction of sp³-hybridized carbons (Fsp3) is 0.471. The lowest BCUT2D eigenvalue weighted by Gasteiger charge is -2.41. The SMILES string of the molecule is CC1(C)OC[C@](N)([C@]2(CN3Cc4ccc(Cl)cc4C3=O)NC(=O)NC2=O)O1. The van der Waals surface area contributed by atoms with Crippen molar-refractivity contribution in [2.24, 2.45) is 5.73 Å². The fourth-order valence-corrected chi connectivity index (χ4v) is 3.94. The number of hydrogen-bond acceptors (Lipinski definition) is 6. The number of ether oxygens (including phenoxy) is 2. The molecule has 4 N–H and O–H groups in total. The third kappa shape index (κ3) is 2.69. The number of rotatable bonds is 3. The van der Waals surface area contributed by atoms with Gasteiger partial charge in [0.05, 0.1) is 13.2 Å². The van der Waals surface area contributed by atoms with E-state index in [0.717, 1.165) is 5.56 Å². The highest BCUT2D eigenvalue weighted by molar-refractivity contribution is 6.31. The van der Waals surface area contributed by atoms with Crippen LogP contribution in [0, 0.1) is 0 Å². The minimum Gasteiger partial charge on any atom is -0.346 e. The van der Waals surface area contributed by atoms with Gasteiger partial charge in [0.2, 0.25) is 0 Å². The molecule has 144 valence electrons. The number of nitrogens with two attached hydrogens (primary N) is 1. The zero-order valence-electron chi connectivity index (χ0n) is 14.8. The first kappa shape index (κ1) is 18.2. The summed E-state index contributed by atoms with van der Waals surface area (Å²) in [5.74, 6) is -2.01. The van der Waals surface area contributed by atoms with Crippen molar-refractivity contribution in [3.8, 4) is 0 Å². The number of urea groups is 1. The standard InChI is InChI=1S/C17H19ClN4O5/c1-15(2)26-8-17(19,27-15)16(13(24)20-14(25)21-16)7-22-6-9-3-4-10(18)5-11(9)12(22)23/h3-5H,6-8,19H2,1-2H3,(H2,20,21,24,25)/t16-,17-/m1/s1. The number of nitrogens with zero attached hydrogens (tertiary/aromatic N) is 1. The molecule has 0 saturated carbocycles. The van der Waals surface area contributed by atoms with E-state index < -0.39 is 29.0 Å². The molecule has 0 unspecified atom stereocenters. The van der Waals surface area contributed by atoms with Crippen molar-refractivity contribution >= 4 is 29.4 Å². The third-order valence-electron chi connectivity index (χ3n) is 5.10. The Balaban J connectivity index is 1.69. The molecule has 4 rings (SSSR count). The van der Waals surface area contributed by atoms with Gasteiger partial charge < -0.3 is 19.7 Å². The van der Waals surface area contributed by atoms with Crippen molar-refractivity contribution in [1.29, 1.82) is 0 Å². The number of nitrogens with one attached hydrogen (secondary N) is 2. The smallest absolute Gasteiger partial charge is 0.322 e. The molecule has 2 atom stereocenters. The largest absolute Gasteiger partial charge is 0.346 e. The van der Waals surface area contributed by atoms with E-state index in [2.05, 4.69) is 10.6 Å². The predicted octanol–water partition coefficient (Wildman–Crippen LogP) is 0.312. The summed E-state index contributed by atoms with van der Waals surface area (Å²) in [6.07, 6.45) is 0. The van der Waals surface area contributed by atoms with Crippen LogP contribution < -0.4 is 16.4 Å². The molecule has 27 heavy (non-hydrogen) atoms. The van der Waals surface area contributed by atoms with Gasteiger partial charge in [0, 0.05) is 17.1 Å². The van der Waals surface area contributed by atoms with Crippen molar-refractivity contribution in [3.05, 3.63) is 34.3 Å². The molecule has 4 amide bonds. The molecule has 0 aliphatic carbocycles. The Bertz CT molecular complexity index is 875. The molecule has 9 nitrogen and oxygen atoms in total. The average molecular weight is 395 g/mol. The molecule has 1 aromatic rings. The second-order valence-corrected chi connectivity index (χ2v) is 7.89. The van der Waals surface area contributed by atoms with Crippen LogP contribution in [0.15, 0.2) is 18.2 Å². The summed E-state index contributed by atoms with van der Waals surface area (Å²) in [4.78, 5) is 39.0. The van der Waals surface area contributed by atoms with Gasteiger partial charge in [-0.1, -0.05) is 17.7 Å². The molecule has 2 fully saturated rings. The highest BCUT2D eigenvalue weighted by Crippen LogP contribution is 2.38. The van der Waals surface area contributed by atoms with Crippen molar-refractivity contribution in [3.63, 3.8) is 0 Å². The second-order valence-electron chi connectivity index (χ2n) is 7.46. The van der Waals surface area contributed by atoms with Crippen LogP contribution in [0.3, 0.4) is 0 Å². The first-order valence-corrected chi connectivity index (χ1v) is 8.77. The Hall–Kier alpha value is -2.20. The number of hydrogen-bond donors (Lipinski definition) is 3. The molecule has 3 heterocycles. The lowest BCUT2D eigenvalue weighted by Crippen LogP contribution is -2.74. The molecular formula is C17H19ClN4O5. The number of benzene rings is 1. The molecule has 10 heteroatoms. The summed E-state index contributed by atoms with van der Waals surface area (Å²) >= 11 is 5.99. The van der Waals surface area contributed by atoms with Crippen LogP contribution in [0.25, 0.3) is 0 Å². The molecular weight excluding hydrogens is 376 g/mol. The second kappa shape index (κ2) is 5.65. The van der Waals surface area contributed by atoms with E-state index in [0.29, 0.717) is 10.6 Å². The molecule has 3 aliphatic heterocycles. The molecule has 1 aromatic carbocycles. The van der Waals surface area contributed by atoms with E-state index >= 15 is 0 Å². The third-order valence-corrected chi connectivity index (χ3v) is 5.34. The number of fused-ring (bicyclic) bond motifs is 1. The van der Waals surface area contributed by atoms with E-state index in [9.17, 15) is 14.4 Å². The van der Waals surface area contributed by atoms with E-state index in [1.54, 1.807) is 32.0 Å². The maximum absolute atomic E-state index is 12.8. The lowest BCUT2D eigenvalue weighted by atomic mass is 9.86. The molecule has 0 aromatic heterocycles. The fourth-order valence-electron chi connectivity index (χ4n) is 3.77. The monoisotopic (exact) mass is 394 g/mol. The van der Waals surface area contributed by atoms with Gasteiger partial charge in [-0.2, -0.15) is 0 Å². The summed E-state index contributed by atoms with van der Waals surface area (Å²) in [6, 6.07) is 4.32. The van der Waals surface area contributed by atoms with E-state index in [1.165, 1.54) is 4.90 Å². The number of halogens is 1. The van der Waals surface area contributed by atoms with Crippen LogP contribution in [0.4, 0.5) is 4.79 Å². The molecule has 0 bridgehead atoms. The van der Waals surface area contributed by atoms with Crippen molar-refractivity contribution in [2.75, 3.05) is 13.2 Å². The van der Waals surface area contributed by atoms with E-state index in [1.807, 2.05) is 0 Å².